The number of fused-ring (bicyclic) bond motifs is 1. The second-order valence-corrected chi connectivity index (χ2v) is 6.63. The fraction of sp³-hybridized carbons (Fsp3) is 0.200. The zero-order valence-electron chi connectivity index (χ0n) is 14.6. The lowest BCUT2D eigenvalue weighted by Crippen LogP contribution is -2.33. The fourth-order valence-corrected chi connectivity index (χ4v) is 2.97. The quantitative estimate of drug-likeness (QED) is 0.731. The average molecular weight is 351 g/mol. The van der Waals surface area contributed by atoms with Crippen molar-refractivity contribution in [3.05, 3.63) is 76.1 Å². The van der Waals surface area contributed by atoms with E-state index in [-0.39, 0.29) is 5.56 Å². The molecule has 0 bridgehead atoms. The standard InChI is InChI=1S/C20H21N3OS/c1-14-8-10-17(11-9-14)21-20(25)22(2)13-16-12-15-6-4-5-7-18(15)23(3)19(16)24/h4-12H,13H2,1-3H3,(H,21,25). The van der Waals surface area contributed by atoms with Gasteiger partial charge in [0.15, 0.2) is 5.11 Å². The van der Waals surface area contributed by atoms with Crippen LogP contribution < -0.4 is 10.9 Å². The molecule has 3 aromatic rings. The van der Waals surface area contributed by atoms with Crippen LogP contribution in [-0.2, 0) is 13.6 Å². The SMILES string of the molecule is Cc1ccc(NC(=S)N(C)Cc2cc3ccccc3n(C)c2=O)cc1. The van der Waals surface area contributed by atoms with Crippen LogP contribution in [0, 0.1) is 6.92 Å². The Hall–Kier alpha value is -2.66. The lowest BCUT2D eigenvalue weighted by atomic mass is 10.1. The van der Waals surface area contributed by atoms with Gasteiger partial charge in [-0.15, -0.1) is 0 Å². The van der Waals surface area contributed by atoms with Crippen molar-refractivity contribution in [3.63, 3.8) is 0 Å². The molecule has 1 heterocycles. The largest absolute Gasteiger partial charge is 0.348 e. The Bertz CT molecular complexity index is 976. The van der Waals surface area contributed by atoms with Gasteiger partial charge in [-0.2, -0.15) is 0 Å². The number of pyridine rings is 1. The maximum Gasteiger partial charge on any atom is 0.255 e. The lowest BCUT2D eigenvalue weighted by molar-refractivity contribution is 0.504. The van der Waals surface area contributed by atoms with Crippen LogP contribution in [0.5, 0.6) is 0 Å². The third kappa shape index (κ3) is 3.72. The minimum absolute atomic E-state index is 0.00341. The number of aromatic nitrogens is 1. The summed E-state index contributed by atoms with van der Waals surface area (Å²) in [5, 5.41) is 4.84. The zero-order valence-corrected chi connectivity index (χ0v) is 15.4. The molecule has 0 fully saturated rings. The van der Waals surface area contributed by atoms with Gasteiger partial charge in [-0.25, -0.2) is 0 Å². The van der Waals surface area contributed by atoms with Gasteiger partial charge in [0, 0.05) is 25.3 Å². The number of rotatable bonds is 3. The number of nitrogens with zero attached hydrogens (tertiary/aromatic N) is 2. The van der Waals surface area contributed by atoms with E-state index in [0.717, 1.165) is 22.2 Å². The molecule has 25 heavy (non-hydrogen) atoms. The molecule has 1 N–H and O–H groups in total. The summed E-state index contributed by atoms with van der Waals surface area (Å²) >= 11 is 5.47. The molecule has 0 atom stereocenters. The molecule has 0 unspecified atom stereocenters. The molecular formula is C20H21N3OS. The Kier molecular flexibility index (Phi) is 4.86. The van der Waals surface area contributed by atoms with Crippen LogP contribution in [0.25, 0.3) is 10.9 Å². The maximum absolute atomic E-state index is 12.6. The molecule has 0 aliphatic heterocycles. The molecule has 0 spiro atoms. The monoisotopic (exact) mass is 351 g/mol. The van der Waals surface area contributed by atoms with Crippen LogP contribution >= 0.6 is 12.2 Å². The first kappa shape index (κ1) is 17.2. The van der Waals surface area contributed by atoms with E-state index in [2.05, 4.69) is 5.32 Å². The van der Waals surface area contributed by atoms with Gasteiger partial charge < -0.3 is 14.8 Å². The van der Waals surface area contributed by atoms with Gasteiger partial charge in [0.25, 0.3) is 5.56 Å². The van der Waals surface area contributed by atoms with Crippen molar-refractivity contribution in [3.8, 4) is 0 Å². The van der Waals surface area contributed by atoms with E-state index < -0.39 is 0 Å². The van der Waals surface area contributed by atoms with Gasteiger partial charge in [0.05, 0.1) is 12.1 Å². The number of benzene rings is 2. The minimum Gasteiger partial charge on any atom is -0.348 e. The summed E-state index contributed by atoms with van der Waals surface area (Å²) in [6.45, 7) is 2.50. The highest BCUT2D eigenvalue weighted by Crippen LogP contribution is 2.14. The molecule has 0 aliphatic carbocycles. The Balaban J connectivity index is 1.80. The third-order valence-corrected chi connectivity index (χ3v) is 4.68. The summed E-state index contributed by atoms with van der Waals surface area (Å²) < 4.78 is 1.69. The highest BCUT2D eigenvalue weighted by atomic mass is 32.1. The van der Waals surface area contributed by atoms with Crippen LogP contribution in [0.2, 0.25) is 0 Å². The molecule has 0 saturated heterocycles. The zero-order chi connectivity index (χ0) is 18.0. The normalized spacial score (nSPS) is 10.7. The molecule has 4 nitrogen and oxygen atoms in total. The first-order valence-electron chi connectivity index (χ1n) is 8.12. The summed E-state index contributed by atoms with van der Waals surface area (Å²) in [5.41, 5.74) is 3.79. The Morgan fingerprint density at radius 2 is 1.84 bits per heavy atom. The Labute approximate surface area is 152 Å². The second kappa shape index (κ2) is 7.07. The smallest absolute Gasteiger partial charge is 0.255 e. The van der Waals surface area contributed by atoms with Crippen LogP contribution in [-0.4, -0.2) is 21.6 Å². The number of nitrogens with one attached hydrogen (secondary N) is 1. The van der Waals surface area contributed by atoms with Crippen molar-refractivity contribution in [1.29, 1.82) is 0 Å². The number of anilines is 1. The summed E-state index contributed by atoms with van der Waals surface area (Å²) in [6, 6.07) is 17.9. The van der Waals surface area contributed by atoms with E-state index in [9.17, 15) is 4.79 Å². The summed E-state index contributed by atoms with van der Waals surface area (Å²) in [7, 11) is 3.69. The van der Waals surface area contributed by atoms with Crippen molar-refractivity contribution in [2.45, 2.75) is 13.5 Å². The summed E-state index contributed by atoms with van der Waals surface area (Å²) in [4.78, 5) is 14.5. The highest BCUT2D eigenvalue weighted by Gasteiger charge is 2.11. The van der Waals surface area contributed by atoms with Gasteiger partial charge in [0.2, 0.25) is 0 Å². The molecule has 0 radical (unpaired) electrons. The fourth-order valence-electron chi connectivity index (χ4n) is 2.79. The molecule has 0 amide bonds. The Morgan fingerprint density at radius 3 is 2.56 bits per heavy atom. The number of hydrogen-bond donors (Lipinski definition) is 1. The van der Waals surface area contributed by atoms with E-state index in [0.29, 0.717) is 11.7 Å². The maximum atomic E-state index is 12.6. The summed E-state index contributed by atoms with van der Waals surface area (Å²) in [6.07, 6.45) is 0. The van der Waals surface area contributed by atoms with E-state index in [4.69, 9.17) is 12.2 Å². The van der Waals surface area contributed by atoms with Gasteiger partial charge in [0.1, 0.15) is 0 Å². The van der Waals surface area contributed by atoms with Crippen LogP contribution in [0.1, 0.15) is 11.1 Å². The Morgan fingerprint density at radius 1 is 1.16 bits per heavy atom. The van der Waals surface area contributed by atoms with Crippen molar-refractivity contribution in [2.75, 3.05) is 12.4 Å². The van der Waals surface area contributed by atoms with Gasteiger partial charge in [-0.3, -0.25) is 4.79 Å². The molecule has 0 saturated carbocycles. The molecular weight excluding hydrogens is 330 g/mol. The van der Waals surface area contributed by atoms with E-state index >= 15 is 0 Å². The van der Waals surface area contributed by atoms with E-state index in [1.807, 2.05) is 73.5 Å². The molecule has 2 aromatic carbocycles. The van der Waals surface area contributed by atoms with Gasteiger partial charge >= 0.3 is 0 Å². The first-order valence-corrected chi connectivity index (χ1v) is 8.53. The second-order valence-electron chi connectivity index (χ2n) is 6.24. The van der Waals surface area contributed by atoms with Crippen molar-refractivity contribution in [2.24, 2.45) is 7.05 Å². The molecule has 1 aromatic heterocycles. The molecule has 5 heteroatoms. The number of thiocarbonyl (C=S) groups is 1. The highest BCUT2D eigenvalue weighted by molar-refractivity contribution is 7.80. The van der Waals surface area contributed by atoms with Crippen LogP contribution in [0.15, 0.2) is 59.4 Å². The number of aryl methyl sites for hydroxylation is 2. The topological polar surface area (TPSA) is 37.3 Å². The molecule has 128 valence electrons. The van der Waals surface area contributed by atoms with Crippen molar-refractivity contribution in [1.82, 2.24) is 9.47 Å². The average Bonchev–Trinajstić information content (AvgIpc) is 2.61. The molecule has 3 rings (SSSR count). The van der Waals surface area contributed by atoms with Crippen molar-refractivity contribution < 1.29 is 0 Å². The van der Waals surface area contributed by atoms with Crippen LogP contribution in [0.4, 0.5) is 5.69 Å². The van der Waals surface area contributed by atoms with E-state index in [1.54, 1.807) is 11.6 Å². The van der Waals surface area contributed by atoms with Gasteiger partial charge in [-0.05, 0) is 48.8 Å². The minimum atomic E-state index is 0.00341. The third-order valence-electron chi connectivity index (χ3n) is 4.26. The number of para-hydroxylation sites is 1. The number of hydrogen-bond acceptors (Lipinski definition) is 2. The lowest BCUT2D eigenvalue weighted by Gasteiger charge is -2.21. The van der Waals surface area contributed by atoms with E-state index in [1.165, 1.54) is 5.56 Å². The molecule has 0 aliphatic rings. The predicted molar refractivity (Wildman–Crippen MR) is 108 cm³/mol. The van der Waals surface area contributed by atoms with Gasteiger partial charge in [-0.1, -0.05) is 35.9 Å². The first-order chi connectivity index (χ1) is 12.0. The summed E-state index contributed by atoms with van der Waals surface area (Å²) in [5.74, 6) is 0. The van der Waals surface area contributed by atoms with Crippen molar-refractivity contribution >= 4 is 33.9 Å². The van der Waals surface area contributed by atoms with Crippen LogP contribution in [0.3, 0.4) is 0 Å². The predicted octanol–water partition coefficient (Wildman–Crippen LogP) is 3.68.